The lowest BCUT2D eigenvalue weighted by molar-refractivity contribution is -0.116. The largest absolute Gasteiger partial charge is 0.419 e. The van der Waals surface area contributed by atoms with Gasteiger partial charge in [-0.15, -0.1) is 0 Å². The molecule has 0 saturated heterocycles. The zero-order valence-electron chi connectivity index (χ0n) is 20.1. The molecule has 10 heteroatoms. The highest BCUT2D eigenvalue weighted by atomic mass is 32.2. The fourth-order valence-corrected chi connectivity index (χ4v) is 5.13. The number of nitrogens with one attached hydrogen (secondary N) is 1. The molecule has 1 heterocycles. The maximum Gasteiger partial charge on any atom is 0.419 e. The molecule has 3 aromatic rings. The lowest BCUT2D eigenvalue weighted by Gasteiger charge is -2.18. The van der Waals surface area contributed by atoms with Crippen LogP contribution in [0.2, 0.25) is 0 Å². The number of aryl methyl sites for hydroxylation is 1. The Hall–Kier alpha value is -2.95. The third-order valence-electron chi connectivity index (χ3n) is 5.63. The Kier molecular flexibility index (Phi) is 8.29. The molecule has 0 aliphatic heterocycles. The third kappa shape index (κ3) is 5.94. The molecule has 0 spiro atoms. The smallest absolute Gasteiger partial charge is 0.408 e. The van der Waals surface area contributed by atoms with Crippen LogP contribution in [0.4, 0.5) is 5.69 Å². The number of rotatable bonds is 11. The molecule has 2 aromatic carbocycles. The van der Waals surface area contributed by atoms with Crippen LogP contribution < -0.4 is 11.1 Å². The number of oxazole rings is 1. The number of benzene rings is 2. The summed E-state index contributed by atoms with van der Waals surface area (Å²) >= 11 is 0. The molecule has 3 rings (SSSR count). The van der Waals surface area contributed by atoms with Gasteiger partial charge in [-0.05, 0) is 56.4 Å². The summed E-state index contributed by atoms with van der Waals surface area (Å²) in [5, 5.41) is 2.86. The molecule has 9 nitrogen and oxygen atoms in total. The number of hydrogen-bond acceptors (Lipinski definition) is 6. The van der Waals surface area contributed by atoms with Gasteiger partial charge in [0.1, 0.15) is 0 Å². The van der Waals surface area contributed by atoms with E-state index < -0.39 is 15.8 Å². The number of amides is 1. The fourth-order valence-electron chi connectivity index (χ4n) is 3.67. The number of aromatic nitrogens is 1. The lowest BCUT2D eigenvalue weighted by atomic mass is 10.1. The van der Waals surface area contributed by atoms with E-state index in [4.69, 9.17) is 4.42 Å². The molecule has 34 heavy (non-hydrogen) atoms. The molecule has 0 radical (unpaired) electrons. The van der Waals surface area contributed by atoms with Gasteiger partial charge in [-0.3, -0.25) is 9.36 Å². The Labute approximate surface area is 200 Å². The first-order valence-corrected chi connectivity index (χ1v) is 12.8. The van der Waals surface area contributed by atoms with Crippen molar-refractivity contribution in [1.82, 2.24) is 13.8 Å². The van der Waals surface area contributed by atoms with Crippen molar-refractivity contribution < 1.29 is 17.6 Å². The van der Waals surface area contributed by atoms with Gasteiger partial charge in [-0.1, -0.05) is 26.0 Å². The second kappa shape index (κ2) is 11.0. The van der Waals surface area contributed by atoms with Gasteiger partial charge in [0.25, 0.3) is 0 Å². The summed E-state index contributed by atoms with van der Waals surface area (Å²) in [5.74, 6) is -0.600. The van der Waals surface area contributed by atoms with Crippen molar-refractivity contribution in [2.24, 2.45) is 0 Å². The number of nitrogens with zero attached hydrogens (tertiary/aromatic N) is 3. The summed E-state index contributed by atoms with van der Waals surface area (Å²) < 4.78 is 33.5. The van der Waals surface area contributed by atoms with E-state index >= 15 is 0 Å². The minimum Gasteiger partial charge on any atom is -0.408 e. The van der Waals surface area contributed by atoms with Gasteiger partial charge in [-0.25, -0.2) is 13.2 Å². The normalized spacial score (nSPS) is 12.1. The van der Waals surface area contributed by atoms with Gasteiger partial charge in [0.2, 0.25) is 15.9 Å². The molecule has 0 unspecified atom stereocenters. The third-order valence-corrected chi connectivity index (χ3v) is 7.69. The zero-order valence-corrected chi connectivity index (χ0v) is 20.9. The summed E-state index contributed by atoms with van der Waals surface area (Å²) in [5.41, 5.74) is 2.56. The standard InChI is InChI=1S/C24H32N4O5S/c1-5-27(6-2)34(31,32)20-11-7-18(8-12-20)9-14-23(29)25-19-10-13-22-21(17-19)28(24(30)33-22)16-15-26(3)4/h7-8,10-13,17H,5-6,9,14-16H2,1-4H3,(H,25,29). The lowest BCUT2D eigenvalue weighted by Crippen LogP contribution is -2.30. The van der Waals surface area contributed by atoms with Crippen molar-refractivity contribution in [3.8, 4) is 0 Å². The van der Waals surface area contributed by atoms with Gasteiger partial charge in [0.15, 0.2) is 5.58 Å². The first-order chi connectivity index (χ1) is 16.1. The van der Waals surface area contributed by atoms with Gasteiger partial charge >= 0.3 is 5.76 Å². The van der Waals surface area contributed by atoms with Crippen molar-refractivity contribution in [2.45, 2.75) is 38.1 Å². The molecule has 0 bridgehead atoms. The molecule has 1 N–H and O–H groups in total. The predicted molar refractivity (Wildman–Crippen MR) is 133 cm³/mol. The van der Waals surface area contributed by atoms with Crippen LogP contribution in [0, 0.1) is 0 Å². The molecule has 0 atom stereocenters. The van der Waals surface area contributed by atoms with Gasteiger partial charge in [0, 0.05) is 38.3 Å². The molecule has 1 aromatic heterocycles. The summed E-state index contributed by atoms with van der Waals surface area (Å²) in [6.45, 7) is 5.60. The van der Waals surface area contributed by atoms with Crippen molar-refractivity contribution in [3.05, 3.63) is 58.6 Å². The second-order valence-corrected chi connectivity index (χ2v) is 10.2. The summed E-state index contributed by atoms with van der Waals surface area (Å²) in [7, 11) is 0.355. The minimum atomic E-state index is -3.50. The van der Waals surface area contributed by atoms with Gasteiger partial charge in [-0.2, -0.15) is 4.31 Å². The van der Waals surface area contributed by atoms with Crippen LogP contribution in [-0.2, 0) is 27.8 Å². The van der Waals surface area contributed by atoms with E-state index in [2.05, 4.69) is 5.32 Å². The highest BCUT2D eigenvalue weighted by Gasteiger charge is 2.21. The van der Waals surface area contributed by atoms with Crippen LogP contribution in [0.5, 0.6) is 0 Å². The zero-order chi connectivity index (χ0) is 24.9. The van der Waals surface area contributed by atoms with E-state index in [-0.39, 0.29) is 17.2 Å². The topological polar surface area (TPSA) is 105 Å². The van der Waals surface area contributed by atoms with E-state index in [0.717, 1.165) is 5.56 Å². The molecule has 0 saturated carbocycles. The minimum absolute atomic E-state index is 0.176. The van der Waals surface area contributed by atoms with Gasteiger partial charge in [0.05, 0.1) is 10.4 Å². The molecule has 0 fully saturated rings. The number of fused-ring (bicyclic) bond motifs is 1. The Morgan fingerprint density at radius 1 is 1.06 bits per heavy atom. The molecule has 0 aliphatic carbocycles. The fraction of sp³-hybridized carbons (Fsp3) is 0.417. The Balaban J connectivity index is 1.64. The number of carbonyl (C=O) groups excluding carboxylic acids is 1. The van der Waals surface area contributed by atoms with Crippen LogP contribution in [0.15, 0.2) is 56.6 Å². The monoisotopic (exact) mass is 488 g/mol. The summed E-state index contributed by atoms with van der Waals surface area (Å²) in [6.07, 6.45) is 0.706. The maximum absolute atomic E-state index is 12.6. The average Bonchev–Trinajstić information content (AvgIpc) is 3.11. The number of sulfonamides is 1. The molecule has 1 amide bonds. The Morgan fingerprint density at radius 2 is 1.74 bits per heavy atom. The van der Waals surface area contributed by atoms with Crippen LogP contribution in [0.1, 0.15) is 25.8 Å². The summed E-state index contributed by atoms with van der Waals surface area (Å²) in [6, 6.07) is 11.8. The Bertz CT molecular complexity index is 1290. The van der Waals surface area contributed by atoms with E-state index in [1.807, 2.05) is 19.0 Å². The van der Waals surface area contributed by atoms with E-state index in [1.54, 1.807) is 60.9 Å². The Morgan fingerprint density at radius 3 is 2.35 bits per heavy atom. The van der Waals surface area contributed by atoms with Crippen molar-refractivity contribution in [1.29, 1.82) is 0 Å². The number of anilines is 1. The first kappa shape index (κ1) is 25.7. The summed E-state index contributed by atoms with van der Waals surface area (Å²) in [4.78, 5) is 26.9. The molecule has 184 valence electrons. The highest BCUT2D eigenvalue weighted by Crippen LogP contribution is 2.20. The van der Waals surface area contributed by atoms with E-state index in [1.165, 1.54) is 4.31 Å². The number of hydrogen-bond donors (Lipinski definition) is 1. The van der Waals surface area contributed by atoms with Crippen molar-refractivity contribution in [3.63, 3.8) is 0 Å². The van der Waals surface area contributed by atoms with E-state index in [0.29, 0.717) is 49.4 Å². The highest BCUT2D eigenvalue weighted by molar-refractivity contribution is 7.89. The average molecular weight is 489 g/mol. The quantitative estimate of drug-likeness (QED) is 0.445. The number of likely N-dealkylation sites (N-methyl/N-ethyl adjacent to an activating group) is 1. The van der Waals surface area contributed by atoms with Crippen LogP contribution in [-0.4, -0.2) is 61.8 Å². The van der Waals surface area contributed by atoms with Crippen molar-refractivity contribution in [2.75, 3.05) is 39.0 Å². The predicted octanol–water partition coefficient (Wildman–Crippen LogP) is 2.76. The molecule has 0 aliphatic rings. The van der Waals surface area contributed by atoms with Crippen LogP contribution in [0.3, 0.4) is 0 Å². The second-order valence-electron chi connectivity index (χ2n) is 8.29. The van der Waals surface area contributed by atoms with Crippen LogP contribution in [0.25, 0.3) is 11.1 Å². The van der Waals surface area contributed by atoms with Crippen LogP contribution >= 0.6 is 0 Å². The van der Waals surface area contributed by atoms with Crippen molar-refractivity contribution >= 4 is 32.7 Å². The number of carbonyl (C=O) groups is 1. The van der Waals surface area contributed by atoms with E-state index in [9.17, 15) is 18.0 Å². The molecular formula is C24H32N4O5S. The molecular weight excluding hydrogens is 456 g/mol. The maximum atomic E-state index is 12.6. The van der Waals surface area contributed by atoms with Gasteiger partial charge < -0.3 is 14.6 Å². The first-order valence-electron chi connectivity index (χ1n) is 11.3. The SMILES string of the molecule is CCN(CC)S(=O)(=O)c1ccc(CCC(=O)Nc2ccc3oc(=O)n(CCN(C)C)c3c2)cc1.